The summed E-state index contributed by atoms with van der Waals surface area (Å²) in [6.07, 6.45) is 2.15. The molecule has 36 heavy (non-hydrogen) atoms. The van der Waals surface area contributed by atoms with Crippen LogP contribution < -0.4 is 0 Å². The third-order valence-corrected chi connectivity index (χ3v) is 8.82. The highest BCUT2D eigenvalue weighted by atomic mass is 35.5. The molecule has 1 fully saturated rings. The van der Waals surface area contributed by atoms with E-state index in [4.69, 9.17) is 27.9 Å². The molecule has 0 radical (unpaired) electrons. The summed E-state index contributed by atoms with van der Waals surface area (Å²) in [6.45, 7) is 1.98. The number of nitrogens with zero attached hydrogens (tertiary/aromatic N) is 2. The molecule has 5 nitrogen and oxygen atoms in total. The van der Waals surface area contributed by atoms with Gasteiger partial charge < -0.3 is 14.9 Å². The molecule has 3 aromatic carbocycles. The van der Waals surface area contributed by atoms with E-state index in [-0.39, 0.29) is 11.8 Å². The van der Waals surface area contributed by atoms with Crippen molar-refractivity contribution in [2.45, 2.75) is 42.3 Å². The Morgan fingerprint density at radius 3 is 2.42 bits per heavy atom. The molecule has 0 saturated carbocycles. The van der Waals surface area contributed by atoms with Gasteiger partial charge in [-0.1, -0.05) is 47.5 Å². The molecule has 0 unspecified atom stereocenters. The number of aromatic hydroxyl groups is 2. The van der Waals surface area contributed by atoms with Crippen LogP contribution in [0.25, 0.3) is 16.5 Å². The van der Waals surface area contributed by atoms with Crippen molar-refractivity contribution in [3.8, 4) is 23.5 Å². The van der Waals surface area contributed by atoms with Gasteiger partial charge in [-0.25, -0.2) is 0 Å². The Balaban J connectivity index is 1.42. The Bertz CT molecular complexity index is 1570. The summed E-state index contributed by atoms with van der Waals surface area (Å²) in [5.41, 5.74) is 1.08. The van der Waals surface area contributed by atoms with Crippen LogP contribution in [0.3, 0.4) is 0 Å². The molecule has 2 aliphatic heterocycles. The van der Waals surface area contributed by atoms with Gasteiger partial charge >= 0.3 is 0 Å². The minimum atomic E-state index is -0.700. The minimum absolute atomic E-state index is 0.0171. The lowest BCUT2D eigenvalue weighted by Gasteiger charge is -2.26. The second kappa shape index (κ2) is 8.36. The van der Waals surface area contributed by atoms with Gasteiger partial charge in [-0.2, -0.15) is 5.26 Å². The summed E-state index contributed by atoms with van der Waals surface area (Å²) < 4.78 is 8.08. The lowest BCUT2D eigenvalue weighted by atomic mass is 9.78. The summed E-state index contributed by atoms with van der Waals surface area (Å²) in [4.78, 5) is 0.969. The Kier molecular flexibility index (Phi) is 5.47. The van der Waals surface area contributed by atoms with Crippen LogP contribution in [0.15, 0.2) is 59.5 Å². The SMILES string of the molecule is C[C@@]12CC[C@@](CCSc3cc(Cl)cc(Cl)c3)(O1)c1c2c(O)n(-c2ccc(C#N)c3ccccc23)c1O. The average Bonchev–Trinajstić information content (AvgIpc) is 3.42. The summed E-state index contributed by atoms with van der Waals surface area (Å²) in [5.74, 6) is 0.685. The van der Waals surface area contributed by atoms with Crippen molar-refractivity contribution in [3.63, 3.8) is 0 Å². The topological polar surface area (TPSA) is 78.4 Å². The third kappa shape index (κ3) is 3.42. The van der Waals surface area contributed by atoms with Gasteiger partial charge in [0.2, 0.25) is 11.8 Å². The van der Waals surface area contributed by atoms with Crippen LogP contribution in [0, 0.1) is 11.3 Å². The van der Waals surface area contributed by atoms with Crippen molar-refractivity contribution < 1.29 is 14.9 Å². The number of rotatable bonds is 5. The van der Waals surface area contributed by atoms with Gasteiger partial charge in [0.1, 0.15) is 5.60 Å². The fraction of sp³-hybridized carbons (Fsp3) is 0.250. The van der Waals surface area contributed by atoms with E-state index in [0.29, 0.717) is 38.8 Å². The molecule has 0 spiro atoms. The number of hydrogen-bond acceptors (Lipinski definition) is 5. The van der Waals surface area contributed by atoms with E-state index in [0.717, 1.165) is 34.3 Å². The van der Waals surface area contributed by atoms with Crippen molar-refractivity contribution in [1.29, 1.82) is 5.26 Å². The van der Waals surface area contributed by atoms with Gasteiger partial charge in [0, 0.05) is 31.5 Å². The number of halogens is 2. The van der Waals surface area contributed by atoms with Gasteiger partial charge in [-0.15, -0.1) is 11.8 Å². The van der Waals surface area contributed by atoms with Crippen molar-refractivity contribution >= 4 is 45.7 Å². The molecule has 2 atom stereocenters. The second-order valence-corrected chi connectivity index (χ2v) is 11.6. The summed E-state index contributed by atoms with van der Waals surface area (Å²) in [7, 11) is 0. The Morgan fingerprint density at radius 1 is 1.00 bits per heavy atom. The lowest BCUT2D eigenvalue weighted by molar-refractivity contribution is -0.0803. The number of nitriles is 1. The van der Waals surface area contributed by atoms with E-state index in [9.17, 15) is 15.5 Å². The number of benzene rings is 3. The molecule has 2 bridgehead atoms. The molecule has 2 aliphatic rings. The first kappa shape index (κ1) is 23.6. The first-order valence-electron chi connectivity index (χ1n) is 11.7. The number of ether oxygens (including phenoxy) is 1. The molecule has 0 aliphatic carbocycles. The average molecular weight is 537 g/mol. The Morgan fingerprint density at radius 2 is 1.69 bits per heavy atom. The van der Waals surface area contributed by atoms with E-state index in [1.54, 1.807) is 30.0 Å². The maximum Gasteiger partial charge on any atom is 0.205 e. The highest BCUT2D eigenvalue weighted by molar-refractivity contribution is 7.99. The molecule has 1 aromatic heterocycles. The van der Waals surface area contributed by atoms with Crippen LogP contribution in [-0.4, -0.2) is 20.5 Å². The molecule has 2 N–H and O–H groups in total. The van der Waals surface area contributed by atoms with E-state index in [1.165, 1.54) is 4.57 Å². The number of aromatic nitrogens is 1. The van der Waals surface area contributed by atoms with Crippen molar-refractivity contribution in [3.05, 3.63) is 81.3 Å². The van der Waals surface area contributed by atoms with Crippen LogP contribution >= 0.6 is 35.0 Å². The van der Waals surface area contributed by atoms with Crippen molar-refractivity contribution in [1.82, 2.24) is 4.57 Å². The van der Waals surface area contributed by atoms with E-state index in [2.05, 4.69) is 6.07 Å². The molecule has 8 heteroatoms. The zero-order valence-corrected chi connectivity index (χ0v) is 21.7. The van der Waals surface area contributed by atoms with Gasteiger partial charge in [-0.3, -0.25) is 4.57 Å². The van der Waals surface area contributed by atoms with Crippen molar-refractivity contribution in [2.24, 2.45) is 0 Å². The molecule has 4 aromatic rings. The number of thioether (sulfide) groups is 1. The Labute approximate surface area is 222 Å². The molecule has 0 amide bonds. The first-order valence-corrected chi connectivity index (χ1v) is 13.4. The highest BCUT2D eigenvalue weighted by Gasteiger charge is 2.61. The predicted molar refractivity (Wildman–Crippen MR) is 142 cm³/mol. The molecular weight excluding hydrogens is 515 g/mol. The fourth-order valence-corrected chi connectivity index (χ4v) is 7.60. The molecular formula is C28H22Cl2N2O3S. The standard InChI is InChI=1S/C28H22Cl2N2O3S/c1-27-8-9-28(35-27,10-11-36-19-13-17(29)12-18(30)14-19)24-23(27)25(33)32(26(24)34)22-7-6-16(15-31)20-4-2-3-5-21(20)22/h2-7,12-14,33-34H,8-11H2,1H3/t27-,28-/m0/s1. The predicted octanol–water partition coefficient (Wildman–Crippen LogP) is 7.64. The zero-order valence-electron chi connectivity index (χ0n) is 19.4. The van der Waals surface area contributed by atoms with Gasteiger partial charge in [0.25, 0.3) is 0 Å². The zero-order chi connectivity index (χ0) is 25.2. The van der Waals surface area contributed by atoms with Gasteiger partial charge in [-0.05, 0) is 56.5 Å². The lowest BCUT2D eigenvalue weighted by Crippen LogP contribution is -2.23. The maximum absolute atomic E-state index is 11.6. The molecule has 1 saturated heterocycles. The molecule has 3 heterocycles. The number of fused-ring (bicyclic) bond motifs is 6. The highest BCUT2D eigenvalue weighted by Crippen LogP contribution is 2.65. The quantitative estimate of drug-likeness (QED) is 0.256. The maximum atomic E-state index is 11.6. The van der Waals surface area contributed by atoms with Crippen molar-refractivity contribution in [2.75, 3.05) is 5.75 Å². The molecule has 6 rings (SSSR count). The van der Waals surface area contributed by atoms with Crippen LogP contribution in [0.1, 0.15) is 42.9 Å². The summed E-state index contributed by atoms with van der Waals surface area (Å²) in [6, 6.07) is 18.7. The van der Waals surface area contributed by atoms with Gasteiger partial charge in [0.05, 0.1) is 34.0 Å². The van der Waals surface area contributed by atoms with Crippen LogP contribution in [0.2, 0.25) is 10.0 Å². The monoisotopic (exact) mass is 536 g/mol. The first-order chi connectivity index (χ1) is 17.3. The number of hydrogen-bond donors (Lipinski definition) is 2. The molecule has 182 valence electrons. The summed E-state index contributed by atoms with van der Waals surface area (Å²) >= 11 is 13.9. The smallest absolute Gasteiger partial charge is 0.205 e. The third-order valence-electron chi connectivity index (χ3n) is 7.40. The fourth-order valence-electron chi connectivity index (χ4n) is 5.86. The van der Waals surface area contributed by atoms with E-state index in [1.807, 2.05) is 43.3 Å². The minimum Gasteiger partial charge on any atom is -0.494 e. The largest absolute Gasteiger partial charge is 0.494 e. The van der Waals surface area contributed by atoms with E-state index < -0.39 is 11.2 Å². The van der Waals surface area contributed by atoms with Gasteiger partial charge in [0.15, 0.2) is 0 Å². The Hall–Kier alpha value is -2.82. The van der Waals surface area contributed by atoms with Crippen LogP contribution in [0.4, 0.5) is 0 Å². The van der Waals surface area contributed by atoms with Crippen LogP contribution in [-0.2, 0) is 15.9 Å². The normalized spacial score (nSPS) is 22.2. The van der Waals surface area contributed by atoms with E-state index >= 15 is 0 Å². The second-order valence-electron chi connectivity index (χ2n) is 9.55. The summed E-state index contributed by atoms with van der Waals surface area (Å²) in [5, 5.41) is 35.3. The van der Waals surface area contributed by atoms with Crippen LogP contribution in [0.5, 0.6) is 11.8 Å².